The third-order valence-electron chi connectivity index (χ3n) is 7.70. The summed E-state index contributed by atoms with van der Waals surface area (Å²) in [6, 6.07) is 23.8. The molecule has 0 saturated carbocycles. The van der Waals surface area contributed by atoms with Crippen molar-refractivity contribution in [1.82, 2.24) is 35.0 Å². The minimum atomic E-state index is -0.386. The minimum absolute atomic E-state index is 0.133. The number of rotatable bonds is 10. The molecule has 3 N–H and O–H groups in total. The fraction of sp³-hybridized carbons (Fsp3) is 0.139. The first-order chi connectivity index (χ1) is 22.9. The van der Waals surface area contributed by atoms with Crippen LogP contribution >= 0.6 is 0 Å². The van der Waals surface area contributed by atoms with Crippen LogP contribution in [0.5, 0.6) is 5.75 Å². The van der Waals surface area contributed by atoms with Crippen LogP contribution in [-0.4, -0.2) is 68.2 Å². The molecule has 0 aliphatic heterocycles. The zero-order valence-electron chi connectivity index (χ0n) is 25.8. The first-order valence-corrected chi connectivity index (χ1v) is 15.1. The lowest BCUT2D eigenvalue weighted by molar-refractivity contribution is -0.115. The average Bonchev–Trinajstić information content (AvgIpc) is 3.69. The van der Waals surface area contributed by atoms with Crippen LogP contribution in [0.3, 0.4) is 0 Å². The molecular formula is C36H31FN8O2. The van der Waals surface area contributed by atoms with E-state index in [9.17, 15) is 9.18 Å². The molecule has 7 aromatic rings. The van der Waals surface area contributed by atoms with Gasteiger partial charge in [-0.1, -0.05) is 42.5 Å². The van der Waals surface area contributed by atoms with E-state index in [0.29, 0.717) is 52.9 Å². The first-order valence-electron chi connectivity index (χ1n) is 15.1. The summed E-state index contributed by atoms with van der Waals surface area (Å²) >= 11 is 0. The van der Waals surface area contributed by atoms with Gasteiger partial charge in [-0.2, -0.15) is 5.10 Å². The van der Waals surface area contributed by atoms with Gasteiger partial charge in [-0.15, -0.1) is 0 Å². The summed E-state index contributed by atoms with van der Waals surface area (Å²) in [5.41, 5.74) is 7.13. The van der Waals surface area contributed by atoms with Gasteiger partial charge < -0.3 is 19.9 Å². The van der Waals surface area contributed by atoms with Crippen LogP contribution in [0.25, 0.3) is 55.8 Å². The second-order valence-electron chi connectivity index (χ2n) is 11.5. The Kier molecular flexibility index (Phi) is 8.11. The molecule has 0 saturated heterocycles. The number of aromatic amines is 2. The van der Waals surface area contributed by atoms with E-state index in [1.807, 2.05) is 85.7 Å². The van der Waals surface area contributed by atoms with E-state index in [-0.39, 0.29) is 18.1 Å². The molecule has 47 heavy (non-hydrogen) atoms. The first kappa shape index (κ1) is 29.8. The summed E-state index contributed by atoms with van der Waals surface area (Å²) in [5, 5.41) is 11.3. The van der Waals surface area contributed by atoms with E-state index < -0.39 is 0 Å². The summed E-state index contributed by atoms with van der Waals surface area (Å²) < 4.78 is 20.5. The van der Waals surface area contributed by atoms with Crippen molar-refractivity contribution in [3.05, 3.63) is 109 Å². The molecule has 10 nitrogen and oxygen atoms in total. The van der Waals surface area contributed by atoms with Gasteiger partial charge in [0.15, 0.2) is 5.82 Å². The topological polar surface area (TPSA) is 125 Å². The number of hydrogen-bond donors (Lipinski definition) is 3. The number of likely N-dealkylation sites (N-methyl/N-ethyl adjacent to an activating group) is 1. The lowest BCUT2D eigenvalue weighted by Gasteiger charge is -2.12. The maximum atomic E-state index is 14.7. The van der Waals surface area contributed by atoms with Crippen molar-refractivity contribution in [1.29, 1.82) is 0 Å². The van der Waals surface area contributed by atoms with Gasteiger partial charge in [0.25, 0.3) is 0 Å². The van der Waals surface area contributed by atoms with Gasteiger partial charge in [0, 0.05) is 35.3 Å². The second-order valence-corrected chi connectivity index (χ2v) is 11.5. The van der Waals surface area contributed by atoms with Crippen molar-refractivity contribution in [3.63, 3.8) is 0 Å². The molecule has 0 aliphatic carbocycles. The number of H-pyrrole nitrogens is 2. The molecule has 0 radical (unpaired) electrons. The molecule has 0 bridgehead atoms. The van der Waals surface area contributed by atoms with Crippen molar-refractivity contribution < 1.29 is 13.9 Å². The number of nitrogens with one attached hydrogen (secondary N) is 3. The van der Waals surface area contributed by atoms with Crippen molar-refractivity contribution in [2.45, 2.75) is 6.42 Å². The van der Waals surface area contributed by atoms with Crippen LogP contribution in [0.1, 0.15) is 5.56 Å². The molecule has 4 aromatic heterocycles. The fourth-order valence-corrected chi connectivity index (χ4v) is 5.41. The maximum absolute atomic E-state index is 14.7. The van der Waals surface area contributed by atoms with Gasteiger partial charge in [-0.3, -0.25) is 19.9 Å². The number of fused-ring (bicyclic) bond motifs is 2. The van der Waals surface area contributed by atoms with Gasteiger partial charge in [-0.05, 0) is 55.6 Å². The predicted octanol–water partition coefficient (Wildman–Crippen LogP) is 6.49. The van der Waals surface area contributed by atoms with Crippen LogP contribution < -0.4 is 10.1 Å². The summed E-state index contributed by atoms with van der Waals surface area (Å²) in [6.45, 7) is 1.16. The third kappa shape index (κ3) is 6.56. The Morgan fingerprint density at radius 2 is 1.81 bits per heavy atom. The van der Waals surface area contributed by atoms with E-state index in [1.54, 1.807) is 18.6 Å². The highest BCUT2D eigenvalue weighted by atomic mass is 19.1. The summed E-state index contributed by atoms with van der Waals surface area (Å²) in [4.78, 5) is 31.9. The van der Waals surface area contributed by atoms with E-state index in [0.717, 1.165) is 33.1 Å². The van der Waals surface area contributed by atoms with Gasteiger partial charge in [-0.25, -0.2) is 9.37 Å². The van der Waals surface area contributed by atoms with E-state index >= 15 is 0 Å². The maximum Gasteiger partial charge on any atom is 0.228 e. The van der Waals surface area contributed by atoms with E-state index in [4.69, 9.17) is 9.72 Å². The highest BCUT2D eigenvalue weighted by Crippen LogP contribution is 2.34. The molecule has 3 aromatic carbocycles. The number of pyridine rings is 2. The minimum Gasteiger partial charge on any atom is -0.492 e. The number of carbonyl (C=O) groups excluding carboxylic acids is 1. The summed E-state index contributed by atoms with van der Waals surface area (Å²) in [5.74, 6) is 0.492. The number of para-hydroxylation sites is 1. The number of ether oxygens (including phenoxy) is 1. The molecule has 0 fully saturated rings. The van der Waals surface area contributed by atoms with Crippen LogP contribution in [-0.2, 0) is 11.2 Å². The molecular weight excluding hydrogens is 595 g/mol. The molecule has 0 unspecified atom stereocenters. The number of amides is 1. The Balaban J connectivity index is 1.18. The number of aromatic nitrogens is 6. The van der Waals surface area contributed by atoms with Gasteiger partial charge >= 0.3 is 0 Å². The molecule has 11 heteroatoms. The molecule has 1 amide bonds. The van der Waals surface area contributed by atoms with Crippen molar-refractivity contribution >= 4 is 33.5 Å². The third-order valence-corrected chi connectivity index (χ3v) is 7.70. The number of anilines is 1. The Morgan fingerprint density at radius 3 is 2.66 bits per heavy atom. The van der Waals surface area contributed by atoms with E-state index in [2.05, 4.69) is 30.5 Å². The van der Waals surface area contributed by atoms with Crippen molar-refractivity contribution in [2.24, 2.45) is 0 Å². The van der Waals surface area contributed by atoms with Crippen molar-refractivity contribution in [2.75, 3.05) is 32.6 Å². The summed E-state index contributed by atoms with van der Waals surface area (Å²) in [6.07, 6.45) is 5.28. The van der Waals surface area contributed by atoms with Crippen LogP contribution in [0.4, 0.5) is 10.1 Å². The SMILES string of the molecule is CN(C)CCOc1cc(F)cc(-c2cccc3[nH]c(-c4n[nH]c5cnc(-c6cncc(NC(=O)Cc7ccccc7)c6)cc45)nc23)c1. The number of nitrogens with zero attached hydrogens (tertiary/aromatic N) is 5. The predicted molar refractivity (Wildman–Crippen MR) is 180 cm³/mol. The number of carbonyl (C=O) groups is 1. The van der Waals surface area contributed by atoms with Gasteiger partial charge in [0.1, 0.15) is 23.9 Å². The monoisotopic (exact) mass is 626 g/mol. The quantitative estimate of drug-likeness (QED) is 0.159. The van der Waals surface area contributed by atoms with Crippen LogP contribution in [0.15, 0.2) is 97.5 Å². The second kappa shape index (κ2) is 12.8. The Hall–Kier alpha value is -5.94. The number of hydrogen-bond acceptors (Lipinski definition) is 7. The van der Waals surface area contributed by atoms with Gasteiger partial charge in [0.05, 0.1) is 46.7 Å². The van der Waals surface area contributed by atoms with Crippen molar-refractivity contribution in [3.8, 4) is 39.7 Å². The molecule has 7 rings (SSSR count). The van der Waals surface area contributed by atoms with Gasteiger partial charge in [0.2, 0.25) is 5.91 Å². The van der Waals surface area contributed by atoms with Crippen LogP contribution in [0.2, 0.25) is 0 Å². The zero-order valence-corrected chi connectivity index (χ0v) is 25.8. The largest absolute Gasteiger partial charge is 0.492 e. The Morgan fingerprint density at radius 1 is 0.936 bits per heavy atom. The molecule has 0 spiro atoms. The smallest absolute Gasteiger partial charge is 0.228 e. The number of imidazole rings is 1. The number of halogens is 1. The highest BCUT2D eigenvalue weighted by Gasteiger charge is 2.17. The normalized spacial score (nSPS) is 11.4. The lowest BCUT2D eigenvalue weighted by atomic mass is 10.0. The zero-order chi connectivity index (χ0) is 32.3. The Labute approximate surface area is 269 Å². The standard InChI is InChI=1S/C36H31FN8O2/c1-45(2)11-12-47-27-16-23(14-25(37)17-27)28-9-6-10-30-34(28)42-36(41-30)35-29-18-31(39-21-32(29)43-44-35)24-15-26(20-38-19-24)40-33(46)13-22-7-4-3-5-8-22/h3-10,14-21H,11-13H2,1-2H3,(H,40,46)(H,41,42)(H,43,44). The highest BCUT2D eigenvalue weighted by molar-refractivity contribution is 5.98. The number of benzene rings is 3. The fourth-order valence-electron chi connectivity index (χ4n) is 5.41. The molecule has 0 atom stereocenters. The lowest BCUT2D eigenvalue weighted by Crippen LogP contribution is -2.19. The molecule has 0 aliphatic rings. The molecule has 4 heterocycles. The van der Waals surface area contributed by atoms with E-state index in [1.165, 1.54) is 12.1 Å². The Bertz CT molecular complexity index is 2210. The molecule has 234 valence electrons. The van der Waals surface area contributed by atoms with Crippen LogP contribution in [0, 0.1) is 5.82 Å². The summed E-state index contributed by atoms with van der Waals surface area (Å²) in [7, 11) is 3.92. The average molecular weight is 627 g/mol.